The smallest absolute Gasteiger partial charge is 0.126 e. The average Bonchev–Trinajstić information content (AvgIpc) is 2.68. The first-order chi connectivity index (χ1) is 8.44. The third-order valence-electron chi connectivity index (χ3n) is 3.47. The first-order valence-corrected chi connectivity index (χ1v) is 6.27. The topological polar surface area (TPSA) is 52.9 Å². The van der Waals surface area contributed by atoms with Crippen LogP contribution < -0.4 is 9.64 Å². The summed E-state index contributed by atoms with van der Waals surface area (Å²) in [6.45, 7) is 4.95. The number of rotatable bonds is 3. The summed E-state index contributed by atoms with van der Waals surface area (Å²) in [5.41, 5.74) is 1.08. The van der Waals surface area contributed by atoms with Crippen LogP contribution in [-0.2, 0) is 0 Å². The first kappa shape index (κ1) is 13.2. The largest absolute Gasteiger partial charge is 0.496 e. The van der Waals surface area contributed by atoms with E-state index in [9.17, 15) is 10.2 Å². The van der Waals surface area contributed by atoms with Crippen molar-refractivity contribution in [1.29, 1.82) is 0 Å². The van der Waals surface area contributed by atoms with Gasteiger partial charge in [-0.1, -0.05) is 6.07 Å². The highest BCUT2D eigenvalue weighted by Crippen LogP contribution is 2.37. The molecule has 2 rings (SSSR count). The zero-order valence-electron chi connectivity index (χ0n) is 11.2. The molecule has 1 aliphatic rings. The van der Waals surface area contributed by atoms with Gasteiger partial charge in [-0.25, -0.2) is 0 Å². The number of anilines is 1. The van der Waals surface area contributed by atoms with Gasteiger partial charge in [0.1, 0.15) is 5.75 Å². The van der Waals surface area contributed by atoms with E-state index < -0.39 is 11.7 Å². The second kappa shape index (κ2) is 4.78. The van der Waals surface area contributed by atoms with Crippen molar-refractivity contribution in [1.82, 2.24) is 0 Å². The summed E-state index contributed by atoms with van der Waals surface area (Å²) in [5.74, 6) is 0.689. The van der Waals surface area contributed by atoms with Crippen molar-refractivity contribution in [3.8, 4) is 5.75 Å². The lowest BCUT2D eigenvalue weighted by Crippen LogP contribution is -2.30. The van der Waals surface area contributed by atoms with E-state index in [1.165, 1.54) is 0 Å². The molecular formula is C14H21NO3. The quantitative estimate of drug-likeness (QED) is 0.858. The van der Waals surface area contributed by atoms with Crippen molar-refractivity contribution < 1.29 is 14.9 Å². The van der Waals surface area contributed by atoms with Gasteiger partial charge in [0.25, 0.3) is 0 Å². The Bertz CT molecular complexity index is 429. The van der Waals surface area contributed by atoms with Gasteiger partial charge in [0, 0.05) is 24.3 Å². The predicted molar refractivity (Wildman–Crippen MR) is 71.1 cm³/mol. The predicted octanol–water partition coefficient (Wildman–Crippen LogP) is 1.71. The minimum absolute atomic E-state index is 0.583. The Kier molecular flexibility index (Phi) is 3.50. The molecule has 1 unspecified atom stereocenters. The highest BCUT2D eigenvalue weighted by Gasteiger charge is 2.33. The Morgan fingerprint density at radius 3 is 2.67 bits per heavy atom. The second-order valence-electron chi connectivity index (χ2n) is 5.24. The molecule has 1 heterocycles. The van der Waals surface area contributed by atoms with Crippen LogP contribution in [0.1, 0.15) is 31.9 Å². The first-order valence-electron chi connectivity index (χ1n) is 6.27. The fourth-order valence-electron chi connectivity index (χ4n) is 2.56. The lowest BCUT2D eigenvalue weighted by atomic mass is 10.1. The maximum absolute atomic E-state index is 10.0. The minimum atomic E-state index is -0.654. The molecular weight excluding hydrogens is 230 g/mol. The third kappa shape index (κ3) is 2.44. The average molecular weight is 251 g/mol. The summed E-state index contributed by atoms with van der Waals surface area (Å²) in [4.78, 5) is 2.10. The van der Waals surface area contributed by atoms with E-state index in [4.69, 9.17) is 4.74 Å². The second-order valence-corrected chi connectivity index (χ2v) is 5.24. The number of nitrogens with zero attached hydrogens (tertiary/aromatic N) is 1. The summed E-state index contributed by atoms with van der Waals surface area (Å²) in [6, 6.07) is 5.72. The zero-order chi connectivity index (χ0) is 13.3. The van der Waals surface area contributed by atoms with Crippen LogP contribution in [0.3, 0.4) is 0 Å². The highest BCUT2D eigenvalue weighted by molar-refractivity contribution is 5.61. The van der Waals surface area contributed by atoms with Gasteiger partial charge >= 0.3 is 0 Å². The Morgan fingerprint density at radius 2 is 2.17 bits per heavy atom. The Balaban J connectivity index is 2.39. The van der Waals surface area contributed by atoms with Gasteiger partial charge in [-0.2, -0.15) is 0 Å². The molecule has 0 aliphatic carbocycles. The summed E-state index contributed by atoms with van der Waals surface area (Å²) in [5, 5.41) is 20.0. The van der Waals surface area contributed by atoms with Gasteiger partial charge < -0.3 is 19.8 Å². The van der Waals surface area contributed by atoms with E-state index in [-0.39, 0.29) is 0 Å². The molecule has 100 valence electrons. The molecule has 0 aromatic heterocycles. The van der Waals surface area contributed by atoms with E-state index in [0.29, 0.717) is 12.3 Å². The summed E-state index contributed by atoms with van der Waals surface area (Å²) in [6.07, 6.45) is 0.144. The highest BCUT2D eigenvalue weighted by atomic mass is 16.5. The number of aliphatic hydroxyl groups is 2. The molecule has 1 aromatic rings. The van der Waals surface area contributed by atoms with Crippen LogP contribution >= 0.6 is 0 Å². The van der Waals surface area contributed by atoms with Crippen LogP contribution in [0, 0.1) is 0 Å². The molecule has 2 N–H and O–H groups in total. The summed E-state index contributed by atoms with van der Waals surface area (Å²) in [7, 11) is 1.60. The number of β-amino-alcohol motifs (C(OH)–C–C–N with tert-alkyl or cyclic N) is 1. The van der Waals surface area contributed by atoms with Crippen molar-refractivity contribution in [2.45, 2.75) is 32.0 Å². The normalized spacial score (nSPS) is 25.3. The Hall–Kier alpha value is -1.26. The standard InChI is InChI=1S/C14H21NO3/c1-10(16)13-11(5-4-6-12(13)18-3)15-8-7-14(2,17)9-15/h4-6,10,16-17H,7-9H2,1-3H3/t10-,14?/m1/s1. The van der Waals surface area contributed by atoms with Gasteiger partial charge in [-0.3, -0.25) is 0 Å². The van der Waals surface area contributed by atoms with E-state index in [0.717, 1.165) is 24.2 Å². The monoisotopic (exact) mass is 251 g/mol. The fraction of sp³-hybridized carbons (Fsp3) is 0.571. The lowest BCUT2D eigenvalue weighted by Gasteiger charge is -2.25. The van der Waals surface area contributed by atoms with Crippen LogP contribution in [0.4, 0.5) is 5.69 Å². The SMILES string of the molecule is COc1cccc(N2CCC(C)(O)C2)c1[C@@H](C)O. The maximum Gasteiger partial charge on any atom is 0.126 e. The van der Waals surface area contributed by atoms with E-state index >= 15 is 0 Å². The van der Waals surface area contributed by atoms with Crippen LogP contribution in [-0.4, -0.2) is 36.0 Å². The molecule has 1 aromatic carbocycles. The number of hydrogen-bond donors (Lipinski definition) is 2. The number of hydrogen-bond acceptors (Lipinski definition) is 4. The molecule has 0 saturated carbocycles. The number of benzene rings is 1. The third-order valence-corrected chi connectivity index (χ3v) is 3.47. The summed E-state index contributed by atoms with van der Waals surface area (Å²) >= 11 is 0. The van der Waals surface area contributed by atoms with E-state index in [1.54, 1.807) is 14.0 Å². The number of methoxy groups -OCH3 is 1. The molecule has 0 radical (unpaired) electrons. The molecule has 4 heteroatoms. The van der Waals surface area contributed by atoms with Crippen molar-refractivity contribution in [2.75, 3.05) is 25.1 Å². The lowest BCUT2D eigenvalue weighted by molar-refractivity contribution is 0.0838. The van der Waals surface area contributed by atoms with Gasteiger partial charge in [0.05, 0.1) is 18.8 Å². The Morgan fingerprint density at radius 1 is 1.44 bits per heavy atom. The van der Waals surface area contributed by atoms with Crippen molar-refractivity contribution in [2.24, 2.45) is 0 Å². The van der Waals surface area contributed by atoms with Gasteiger partial charge in [-0.05, 0) is 32.4 Å². The minimum Gasteiger partial charge on any atom is -0.496 e. The molecule has 0 spiro atoms. The van der Waals surface area contributed by atoms with Gasteiger partial charge in [0.2, 0.25) is 0 Å². The van der Waals surface area contributed by atoms with Crippen LogP contribution in [0.2, 0.25) is 0 Å². The molecule has 1 aliphatic heterocycles. The molecule has 1 saturated heterocycles. The molecule has 4 nitrogen and oxygen atoms in total. The van der Waals surface area contributed by atoms with E-state index in [2.05, 4.69) is 4.90 Å². The summed E-state index contributed by atoms with van der Waals surface area (Å²) < 4.78 is 5.31. The molecule has 0 bridgehead atoms. The number of ether oxygens (including phenoxy) is 1. The maximum atomic E-state index is 10.0. The van der Waals surface area contributed by atoms with Crippen molar-refractivity contribution in [3.63, 3.8) is 0 Å². The number of aliphatic hydroxyl groups excluding tert-OH is 1. The van der Waals surface area contributed by atoms with E-state index in [1.807, 2.05) is 25.1 Å². The molecule has 2 atom stereocenters. The van der Waals surface area contributed by atoms with Crippen LogP contribution in [0.25, 0.3) is 0 Å². The molecule has 1 fully saturated rings. The van der Waals surface area contributed by atoms with Crippen molar-refractivity contribution >= 4 is 5.69 Å². The van der Waals surface area contributed by atoms with Crippen LogP contribution in [0.15, 0.2) is 18.2 Å². The molecule has 18 heavy (non-hydrogen) atoms. The van der Waals surface area contributed by atoms with Crippen LogP contribution in [0.5, 0.6) is 5.75 Å². The van der Waals surface area contributed by atoms with Gasteiger partial charge in [-0.15, -0.1) is 0 Å². The Labute approximate surface area is 108 Å². The molecule has 0 amide bonds. The van der Waals surface area contributed by atoms with Crippen molar-refractivity contribution in [3.05, 3.63) is 23.8 Å². The van der Waals surface area contributed by atoms with Gasteiger partial charge in [0.15, 0.2) is 0 Å². The fourth-order valence-corrected chi connectivity index (χ4v) is 2.56. The zero-order valence-corrected chi connectivity index (χ0v) is 11.2.